The van der Waals surface area contributed by atoms with Gasteiger partial charge in [-0.1, -0.05) is 219 Å². The van der Waals surface area contributed by atoms with Crippen molar-refractivity contribution < 1.29 is 28.6 Å². The van der Waals surface area contributed by atoms with E-state index in [0.717, 1.165) is 128 Å². The van der Waals surface area contributed by atoms with Crippen LogP contribution in [-0.4, -0.2) is 37.2 Å². The van der Waals surface area contributed by atoms with Gasteiger partial charge in [0.15, 0.2) is 6.10 Å². The topological polar surface area (TPSA) is 78.9 Å². The third-order valence-corrected chi connectivity index (χ3v) is 11.1. The number of esters is 3. The molecule has 6 heteroatoms. The normalized spacial score (nSPS) is 13.1. The van der Waals surface area contributed by atoms with E-state index in [1.165, 1.54) is 51.4 Å². The van der Waals surface area contributed by atoms with Crippen LogP contribution >= 0.6 is 0 Å². The molecule has 69 heavy (non-hydrogen) atoms. The number of ether oxygens (including phenoxy) is 3. The van der Waals surface area contributed by atoms with Crippen LogP contribution in [0.1, 0.15) is 226 Å². The average Bonchev–Trinajstić information content (AvgIpc) is 3.35. The van der Waals surface area contributed by atoms with E-state index in [-0.39, 0.29) is 37.5 Å². The molecule has 0 aliphatic heterocycles. The molecule has 0 saturated heterocycles. The third kappa shape index (κ3) is 54.4. The van der Waals surface area contributed by atoms with Crippen LogP contribution in [0.2, 0.25) is 0 Å². The highest BCUT2D eigenvalue weighted by Gasteiger charge is 2.19. The van der Waals surface area contributed by atoms with Crippen molar-refractivity contribution in [2.24, 2.45) is 0 Å². The quantitative estimate of drug-likeness (QED) is 0.0262. The Hall–Kier alpha value is -4.45. The molecule has 1 atom stereocenters. The van der Waals surface area contributed by atoms with Gasteiger partial charge in [0, 0.05) is 19.3 Å². The number of unbranched alkanes of at least 4 members (excludes halogenated alkanes) is 15. The molecular weight excluding hydrogens is 853 g/mol. The van der Waals surface area contributed by atoms with Crippen molar-refractivity contribution in [2.75, 3.05) is 13.2 Å². The number of hydrogen-bond acceptors (Lipinski definition) is 6. The van der Waals surface area contributed by atoms with Crippen LogP contribution in [0.4, 0.5) is 0 Å². The summed E-state index contributed by atoms with van der Waals surface area (Å²) in [5, 5.41) is 0. The molecule has 0 aromatic carbocycles. The van der Waals surface area contributed by atoms with Crippen molar-refractivity contribution in [3.63, 3.8) is 0 Å². The highest BCUT2D eigenvalue weighted by atomic mass is 16.6. The zero-order valence-electron chi connectivity index (χ0n) is 44.3. The molecule has 0 radical (unpaired) electrons. The van der Waals surface area contributed by atoms with Crippen molar-refractivity contribution in [3.05, 3.63) is 134 Å². The molecule has 0 saturated carbocycles. The lowest BCUT2D eigenvalue weighted by Crippen LogP contribution is -2.30. The Morgan fingerprint density at radius 3 is 0.986 bits per heavy atom. The van der Waals surface area contributed by atoms with Crippen LogP contribution in [0.25, 0.3) is 0 Å². The van der Waals surface area contributed by atoms with Gasteiger partial charge in [0.05, 0.1) is 0 Å². The fourth-order valence-corrected chi connectivity index (χ4v) is 7.04. The van der Waals surface area contributed by atoms with Crippen LogP contribution in [0.15, 0.2) is 134 Å². The van der Waals surface area contributed by atoms with Gasteiger partial charge in [0.1, 0.15) is 13.2 Å². The Balaban J connectivity index is 4.58. The predicted molar refractivity (Wildman–Crippen MR) is 297 cm³/mol. The van der Waals surface area contributed by atoms with Crippen molar-refractivity contribution >= 4 is 17.9 Å². The van der Waals surface area contributed by atoms with Gasteiger partial charge in [0.25, 0.3) is 0 Å². The summed E-state index contributed by atoms with van der Waals surface area (Å²) >= 11 is 0. The lowest BCUT2D eigenvalue weighted by Gasteiger charge is -2.18. The van der Waals surface area contributed by atoms with E-state index in [1.807, 2.05) is 12.2 Å². The summed E-state index contributed by atoms with van der Waals surface area (Å²) in [4.78, 5) is 38.1. The van der Waals surface area contributed by atoms with Gasteiger partial charge in [-0.2, -0.15) is 0 Å². The van der Waals surface area contributed by atoms with Crippen LogP contribution in [0, 0.1) is 0 Å². The minimum atomic E-state index is -0.828. The Kier molecular flexibility index (Phi) is 52.5. The Morgan fingerprint density at radius 2 is 0.594 bits per heavy atom. The van der Waals surface area contributed by atoms with Crippen molar-refractivity contribution in [1.82, 2.24) is 0 Å². The average molecular weight is 953 g/mol. The lowest BCUT2D eigenvalue weighted by molar-refractivity contribution is -0.166. The monoisotopic (exact) mass is 953 g/mol. The molecule has 6 nitrogen and oxygen atoms in total. The maximum atomic E-state index is 12.8. The molecule has 0 rings (SSSR count). The van der Waals surface area contributed by atoms with E-state index in [0.29, 0.717) is 19.3 Å². The molecule has 0 spiro atoms. The number of allylic oxidation sites excluding steroid dienone is 22. The first kappa shape index (κ1) is 64.5. The maximum absolute atomic E-state index is 12.8. The van der Waals surface area contributed by atoms with Crippen molar-refractivity contribution in [3.8, 4) is 0 Å². The van der Waals surface area contributed by atoms with E-state index >= 15 is 0 Å². The van der Waals surface area contributed by atoms with Crippen LogP contribution < -0.4 is 0 Å². The summed E-state index contributed by atoms with van der Waals surface area (Å²) in [6.45, 7) is 6.30. The fourth-order valence-electron chi connectivity index (χ4n) is 7.04. The zero-order chi connectivity index (χ0) is 50.0. The van der Waals surface area contributed by atoms with Gasteiger partial charge in [-0.05, 0) is 122 Å². The second-order valence-corrected chi connectivity index (χ2v) is 17.7. The first-order valence-electron chi connectivity index (χ1n) is 27.7. The van der Waals surface area contributed by atoms with E-state index in [4.69, 9.17) is 14.2 Å². The van der Waals surface area contributed by atoms with E-state index in [2.05, 4.69) is 142 Å². The molecule has 0 aromatic rings. The summed E-state index contributed by atoms with van der Waals surface area (Å²) in [5.41, 5.74) is 0. The van der Waals surface area contributed by atoms with Gasteiger partial charge in [-0.15, -0.1) is 0 Å². The van der Waals surface area contributed by atoms with E-state index in [9.17, 15) is 14.4 Å². The highest BCUT2D eigenvalue weighted by molar-refractivity contribution is 5.71. The first-order chi connectivity index (χ1) is 34.0. The van der Waals surface area contributed by atoms with Crippen LogP contribution in [0.5, 0.6) is 0 Å². The number of carbonyl (C=O) groups is 3. The van der Waals surface area contributed by atoms with Crippen LogP contribution in [0.3, 0.4) is 0 Å². The van der Waals surface area contributed by atoms with Gasteiger partial charge >= 0.3 is 17.9 Å². The molecular formula is C63H100O6. The lowest BCUT2D eigenvalue weighted by atomic mass is 10.1. The van der Waals surface area contributed by atoms with Gasteiger partial charge in [0.2, 0.25) is 0 Å². The second-order valence-electron chi connectivity index (χ2n) is 17.7. The van der Waals surface area contributed by atoms with Gasteiger partial charge < -0.3 is 14.2 Å². The van der Waals surface area contributed by atoms with E-state index < -0.39 is 6.10 Å². The molecule has 0 aliphatic carbocycles. The Labute approximate surface area is 424 Å². The highest BCUT2D eigenvalue weighted by Crippen LogP contribution is 2.13. The SMILES string of the molecule is CC/C=C\C/C=C\C/C=C\C/C=C\C/C=C\C/C=C\CCC(=O)OC[C@H](COC(=O)CCCCCC/C=C\C/C=C\C/C=C\C/C=C\CC)OC(=O)CCCCCCC/C=C\CCCCCCCC. The molecule has 0 bridgehead atoms. The van der Waals surface area contributed by atoms with Crippen molar-refractivity contribution in [2.45, 2.75) is 232 Å². The molecule has 0 N–H and O–H groups in total. The molecule has 0 unspecified atom stereocenters. The second kappa shape index (κ2) is 56.1. The Bertz CT molecular complexity index is 1510. The zero-order valence-corrected chi connectivity index (χ0v) is 44.3. The summed E-state index contributed by atoms with van der Waals surface area (Å²) in [5.74, 6) is -1.04. The molecule has 0 heterocycles. The molecule has 0 fully saturated rings. The number of hydrogen-bond donors (Lipinski definition) is 0. The fraction of sp³-hybridized carbons (Fsp3) is 0.603. The maximum Gasteiger partial charge on any atom is 0.306 e. The summed E-state index contributed by atoms with van der Waals surface area (Å²) in [7, 11) is 0. The Morgan fingerprint density at radius 1 is 0.304 bits per heavy atom. The summed E-state index contributed by atoms with van der Waals surface area (Å²) in [6, 6.07) is 0. The minimum absolute atomic E-state index is 0.122. The smallest absolute Gasteiger partial charge is 0.306 e. The standard InChI is InChI=1S/C63H100O6/c1-4-7-10-13-16-19-22-25-28-30-31-33-36-38-41-44-47-50-53-56-62(65)68-59-60(69-63(66)57-54-51-48-45-42-39-34-27-24-21-18-15-12-9-6-3)58-67-61(64)55-52-49-46-43-40-37-35-32-29-26-23-20-17-14-11-8-5-2/h7-8,10-11,16-17,19-20,25-29,31,33-35,37-38,41,47,50,60H,4-6,9,12-15,18,21-24,30,32,36,39-40,42-46,48-49,51-59H2,1-3H3/b10-7-,11-8-,19-16-,20-17-,28-25-,29-26-,33-31-,34-27-,37-35-,41-38-,50-47-/t60-/m0/s1. The number of carbonyl (C=O) groups excluding carboxylic acids is 3. The predicted octanol–water partition coefficient (Wildman–Crippen LogP) is 18.6. The van der Waals surface area contributed by atoms with Gasteiger partial charge in [-0.3, -0.25) is 14.4 Å². The minimum Gasteiger partial charge on any atom is -0.462 e. The summed E-state index contributed by atoms with van der Waals surface area (Å²) in [6.07, 6.45) is 78.7. The summed E-state index contributed by atoms with van der Waals surface area (Å²) < 4.78 is 16.7. The largest absolute Gasteiger partial charge is 0.462 e. The first-order valence-corrected chi connectivity index (χ1v) is 27.7. The third-order valence-electron chi connectivity index (χ3n) is 11.1. The van der Waals surface area contributed by atoms with Crippen molar-refractivity contribution in [1.29, 1.82) is 0 Å². The molecule has 0 aromatic heterocycles. The molecule has 388 valence electrons. The molecule has 0 amide bonds. The number of rotatable bonds is 48. The van der Waals surface area contributed by atoms with E-state index in [1.54, 1.807) is 0 Å². The van der Waals surface area contributed by atoms with Gasteiger partial charge in [-0.25, -0.2) is 0 Å². The molecule has 0 aliphatic rings. The van der Waals surface area contributed by atoms with Crippen LogP contribution in [-0.2, 0) is 28.6 Å².